The molecule has 0 bridgehead atoms. The van der Waals surface area contributed by atoms with Gasteiger partial charge in [0, 0.05) is 48.4 Å². The van der Waals surface area contributed by atoms with Gasteiger partial charge in [0.05, 0.1) is 26.8 Å². The van der Waals surface area contributed by atoms with Gasteiger partial charge in [-0.3, -0.25) is 0 Å². The van der Waals surface area contributed by atoms with Crippen LogP contribution in [0.15, 0.2) is 182 Å². The van der Waals surface area contributed by atoms with E-state index in [0.29, 0.717) is 0 Å². The minimum atomic E-state index is 1.15. The molecule has 0 unspecified atom stereocenters. The molecule has 0 aliphatic heterocycles. The van der Waals surface area contributed by atoms with E-state index in [1.165, 1.54) is 91.7 Å². The van der Waals surface area contributed by atoms with Crippen LogP contribution in [0.4, 0.5) is 0 Å². The molecule has 11 aromatic rings. The van der Waals surface area contributed by atoms with E-state index in [4.69, 9.17) is 0 Å². The van der Waals surface area contributed by atoms with Crippen molar-refractivity contribution >= 4 is 75.1 Å². The number of para-hydroxylation sites is 2. The summed E-state index contributed by atoms with van der Waals surface area (Å²) in [6, 6.07) is 66.6. The largest absolute Gasteiger partial charge is 0.309 e. The van der Waals surface area contributed by atoms with Crippen LogP contribution in [0.25, 0.3) is 97.4 Å². The van der Waals surface area contributed by atoms with Crippen molar-refractivity contribution in [3.05, 3.63) is 182 Å². The molecule has 0 radical (unpaired) electrons. The van der Waals surface area contributed by atoms with Gasteiger partial charge in [-0.05, 0) is 76.9 Å². The summed E-state index contributed by atoms with van der Waals surface area (Å²) in [5.41, 5.74) is 12.0. The lowest BCUT2D eigenvalue weighted by atomic mass is 9.98. The molecule has 0 saturated carbocycles. The van der Waals surface area contributed by atoms with Crippen LogP contribution in [-0.2, 0) is 0 Å². The predicted octanol–water partition coefficient (Wildman–Crippen LogP) is 13.6. The molecule has 8 aromatic carbocycles. The Morgan fingerprint density at radius 2 is 0.882 bits per heavy atom. The van der Waals surface area contributed by atoms with E-state index in [2.05, 4.69) is 191 Å². The molecular formula is C48H30N2S. The van der Waals surface area contributed by atoms with Crippen LogP contribution >= 0.6 is 11.3 Å². The third-order valence-corrected chi connectivity index (χ3v) is 11.7. The average molecular weight is 667 g/mol. The van der Waals surface area contributed by atoms with Gasteiger partial charge in [0.2, 0.25) is 0 Å². The van der Waals surface area contributed by atoms with Gasteiger partial charge < -0.3 is 9.13 Å². The lowest BCUT2D eigenvalue weighted by molar-refractivity contribution is 1.17. The summed E-state index contributed by atoms with van der Waals surface area (Å²) >= 11 is 1.90. The van der Waals surface area contributed by atoms with Gasteiger partial charge in [-0.25, -0.2) is 0 Å². The van der Waals surface area contributed by atoms with Gasteiger partial charge in [0.25, 0.3) is 0 Å². The first-order valence-corrected chi connectivity index (χ1v) is 18.3. The highest BCUT2D eigenvalue weighted by Crippen LogP contribution is 2.45. The zero-order chi connectivity index (χ0) is 33.5. The molecule has 0 spiro atoms. The molecule has 0 saturated heterocycles. The fourth-order valence-electron chi connectivity index (χ4n) is 8.20. The quantitative estimate of drug-likeness (QED) is 0.177. The third-order valence-electron chi connectivity index (χ3n) is 10.5. The number of hydrogen-bond donors (Lipinski definition) is 0. The molecular weight excluding hydrogens is 637 g/mol. The van der Waals surface area contributed by atoms with Crippen molar-refractivity contribution in [2.24, 2.45) is 0 Å². The summed E-state index contributed by atoms with van der Waals surface area (Å²) < 4.78 is 7.62. The van der Waals surface area contributed by atoms with Crippen molar-refractivity contribution < 1.29 is 0 Å². The third kappa shape index (κ3) is 4.29. The number of thiophene rings is 1. The van der Waals surface area contributed by atoms with E-state index in [1.807, 2.05) is 11.3 Å². The lowest BCUT2D eigenvalue weighted by Gasteiger charge is -2.14. The molecule has 238 valence electrons. The predicted molar refractivity (Wildman–Crippen MR) is 219 cm³/mol. The number of rotatable bonds is 4. The summed E-state index contributed by atoms with van der Waals surface area (Å²) in [6.45, 7) is 0. The van der Waals surface area contributed by atoms with E-state index in [-0.39, 0.29) is 0 Å². The van der Waals surface area contributed by atoms with Gasteiger partial charge in [-0.2, -0.15) is 0 Å². The standard InChI is InChI=1S/C48H30N2S/c1-4-14-31(15-5-1)33-26-34(32-16-6-2-7-17-32)28-36(27-33)49-43-22-12-10-20-37(43)41-29-42-39-24-25-40-38-21-11-13-23-46(38)51-48(40)47(39)50(45(42)30-44(41)49)35-18-8-3-9-19-35/h1-30H. The maximum Gasteiger partial charge on any atom is 0.0719 e. The summed E-state index contributed by atoms with van der Waals surface area (Å²) in [5.74, 6) is 0. The summed E-state index contributed by atoms with van der Waals surface area (Å²) in [5, 5.41) is 7.70. The van der Waals surface area contributed by atoms with Crippen molar-refractivity contribution in [2.45, 2.75) is 0 Å². The maximum absolute atomic E-state index is 2.50. The molecule has 0 fully saturated rings. The topological polar surface area (TPSA) is 9.86 Å². The Morgan fingerprint density at radius 1 is 0.314 bits per heavy atom. The minimum Gasteiger partial charge on any atom is -0.309 e. The first-order chi connectivity index (χ1) is 25.3. The molecule has 0 amide bonds. The zero-order valence-corrected chi connectivity index (χ0v) is 28.4. The van der Waals surface area contributed by atoms with Crippen molar-refractivity contribution in [3.8, 4) is 33.6 Å². The highest BCUT2D eigenvalue weighted by Gasteiger charge is 2.21. The number of fused-ring (bicyclic) bond motifs is 10. The second-order valence-corrected chi connectivity index (χ2v) is 14.4. The lowest BCUT2D eigenvalue weighted by Crippen LogP contribution is -1.97. The SMILES string of the molecule is c1ccc(-c2cc(-c3ccccc3)cc(-n3c4ccccc4c4cc5c6ccc7c8ccccc8sc7c6n(-c6ccccc6)c5cc43)c2)cc1. The maximum atomic E-state index is 2.50. The van der Waals surface area contributed by atoms with E-state index < -0.39 is 0 Å². The highest BCUT2D eigenvalue weighted by molar-refractivity contribution is 7.26. The summed E-state index contributed by atoms with van der Waals surface area (Å²) in [7, 11) is 0. The summed E-state index contributed by atoms with van der Waals surface area (Å²) in [6.07, 6.45) is 0. The van der Waals surface area contributed by atoms with Crippen LogP contribution in [0, 0.1) is 0 Å². The smallest absolute Gasteiger partial charge is 0.0719 e. The Morgan fingerprint density at radius 3 is 1.61 bits per heavy atom. The Labute approximate surface area is 298 Å². The monoisotopic (exact) mass is 666 g/mol. The molecule has 51 heavy (non-hydrogen) atoms. The number of hydrogen-bond acceptors (Lipinski definition) is 1. The van der Waals surface area contributed by atoms with Gasteiger partial charge >= 0.3 is 0 Å². The van der Waals surface area contributed by atoms with Crippen LogP contribution in [0.1, 0.15) is 0 Å². The van der Waals surface area contributed by atoms with E-state index >= 15 is 0 Å². The van der Waals surface area contributed by atoms with Crippen LogP contribution in [0.5, 0.6) is 0 Å². The van der Waals surface area contributed by atoms with E-state index in [9.17, 15) is 0 Å². The van der Waals surface area contributed by atoms with E-state index in [1.54, 1.807) is 0 Å². The van der Waals surface area contributed by atoms with Gasteiger partial charge in [-0.15, -0.1) is 11.3 Å². The molecule has 0 atom stereocenters. The second kappa shape index (κ2) is 11.0. The fraction of sp³-hybridized carbons (Fsp3) is 0. The zero-order valence-electron chi connectivity index (χ0n) is 27.6. The van der Waals surface area contributed by atoms with Crippen LogP contribution < -0.4 is 0 Å². The van der Waals surface area contributed by atoms with E-state index in [0.717, 1.165) is 5.69 Å². The van der Waals surface area contributed by atoms with Gasteiger partial charge in [0.15, 0.2) is 0 Å². The highest BCUT2D eigenvalue weighted by atomic mass is 32.1. The molecule has 2 nitrogen and oxygen atoms in total. The molecule has 0 aliphatic rings. The molecule has 0 aliphatic carbocycles. The molecule has 3 heterocycles. The Balaban J connectivity index is 1.29. The minimum absolute atomic E-state index is 1.15. The van der Waals surface area contributed by atoms with Gasteiger partial charge in [-0.1, -0.05) is 127 Å². The molecule has 3 aromatic heterocycles. The number of benzene rings is 8. The molecule has 11 rings (SSSR count). The molecule has 0 N–H and O–H groups in total. The van der Waals surface area contributed by atoms with Crippen LogP contribution in [0.3, 0.4) is 0 Å². The summed E-state index contributed by atoms with van der Waals surface area (Å²) in [4.78, 5) is 0. The van der Waals surface area contributed by atoms with Crippen LogP contribution in [0.2, 0.25) is 0 Å². The Kier molecular flexibility index (Phi) is 6.16. The number of aromatic nitrogens is 2. The first kappa shape index (κ1) is 28.4. The van der Waals surface area contributed by atoms with Crippen molar-refractivity contribution in [1.82, 2.24) is 9.13 Å². The Bertz CT molecular complexity index is 3050. The fourth-order valence-corrected chi connectivity index (χ4v) is 9.44. The second-order valence-electron chi connectivity index (χ2n) is 13.3. The normalized spacial score (nSPS) is 11.9. The van der Waals surface area contributed by atoms with Crippen molar-refractivity contribution in [3.63, 3.8) is 0 Å². The Hall–Kier alpha value is -6.42. The van der Waals surface area contributed by atoms with Gasteiger partial charge in [0.1, 0.15) is 0 Å². The van der Waals surface area contributed by atoms with Crippen LogP contribution in [-0.4, -0.2) is 9.13 Å². The first-order valence-electron chi connectivity index (χ1n) is 17.4. The van der Waals surface area contributed by atoms with Crippen molar-refractivity contribution in [2.75, 3.05) is 0 Å². The number of nitrogens with zero attached hydrogens (tertiary/aromatic N) is 2. The van der Waals surface area contributed by atoms with Crippen molar-refractivity contribution in [1.29, 1.82) is 0 Å². The average Bonchev–Trinajstić information content (AvgIpc) is 3.85. The molecule has 3 heteroatoms.